The van der Waals surface area contributed by atoms with Gasteiger partial charge in [0.15, 0.2) is 5.82 Å². The number of hydrogen-bond donors (Lipinski definition) is 2. The minimum atomic E-state index is -0.449. The lowest BCUT2D eigenvalue weighted by Crippen LogP contribution is -2.34. The Labute approximate surface area is 133 Å². The average Bonchev–Trinajstić information content (AvgIpc) is 3.28. The minimum absolute atomic E-state index is 0.0656. The predicted octanol–water partition coefficient (Wildman–Crippen LogP) is 1.99. The molecule has 2 fully saturated rings. The van der Waals surface area contributed by atoms with Gasteiger partial charge in [0, 0.05) is 24.3 Å². The molecule has 2 aromatic rings. The van der Waals surface area contributed by atoms with E-state index in [1.54, 1.807) is 4.90 Å². The normalized spacial score (nSPS) is 20.0. The molecular weight excluding hydrogens is 294 g/mol. The molecule has 23 heavy (non-hydrogen) atoms. The van der Waals surface area contributed by atoms with E-state index in [1.807, 2.05) is 24.3 Å². The largest absolute Gasteiger partial charge is 0.336 e. The molecule has 1 aliphatic heterocycles. The van der Waals surface area contributed by atoms with Crippen LogP contribution < -0.4 is 16.0 Å². The van der Waals surface area contributed by atoms with Gasteiger partial charge in [0.1, 0.15) is 0 Å². The Morgan fingerprint density at radius 3 is 2.61 bits per heavy atom. The summed E-state index contributed by atoms with van der Waals surface area (Å²) in [5, 5.41) is 6.86. The van der Waals surface area contributed by atoms with Gasteiger partial charge in [-0.2, -0.15) is 4.98 Å². The third-order valence-corrected chi connectivity index (χ3v) is 4.65. The van der Waals surface area contributed by atoms with Crippen LogP contribution in [0.15, 0.2) is 28.8 Å². The van der Waals surface area contributed by atoms with Crippen LogP contribution in [0.5, 0.6) is 0 Å². The van der Waals surface area contributed by atoms with Gasteiger partial charge < -0.3 is 15.6 Å². The highest BCUT2D eigenvalue weighted by molar-refractivity contribution is 5.94. The summed E-state index contributed by atoms with van der Waals surface area (Å²) in [6.07, 6.45) is 4.00. The van der Waals surface area contributed by atoms with E-state index in [-0.39, 0.29) is 6.03 Å². The fraction of sp³-hybridized carbons (Fsp3) is 0.438. The second-order valence-corrected chi connectivity index (χ2v) is 6.22. The third-order valence-electron chi connectivity index (χ3n) is 4.65. The molecule has 2 amide bonds. The summed E-state index contributed by atoms with van der Waals surface area (Å²) in [5.41, 5.74) is 7.59. The Morgan fingerprint density at radius 2 is 1.96 bits per heavy atom. The number of carbonyl (C=O) groups is 1. The molecule has 1 saturated carbocycles. The fourth-order valence-corrected chi connectivity index (χ4v) is 3.27. The number of nitrogens with two attached hydrogens (primary N) is 1. The number of amides is 2. The van der Waals surface area contributed by atoms with E-state index in [4.69, 9.17) is 10.3 Å². The number of rotatable bonds is 3. The number of hydrogen-bond acceptors (Lipinski definition) is 5. The molecule has 0 atom stereocenters. The zero-order chi connectivity index (χ0) is 15.9. The van der Waals surface area contributed by atoms with Crippen LogP contribution in [0.3, 0.4) is 0 Å². The monoisotopic (exact) mass is 313 g/mol. The number of anilines is 1. The molecule has 0 bridgehead atoms. The van der Waals surface area contributed by atoms with Crippen molar-refractivity contribution in [2.24, 2.45) is 5.73 Å². The Morgan fingerprint density at radius 1 is 1.22 bits per heavy atom. The van der Waals surface area contributed by atoms with Crippen molar-refractivity contribution in [3.63, 3.8) is 0 Å². The molecule has 2 aliphatic rings. The molecule has 1 aromatic carbocycles. The van der Waals surface area contributed by atoms with Crippen LogP contribution >= 0.6 is 0 Å². The SMILES string of the molecule is NC1(c2noc(-c3ccc(N4CCNC4=O)cc3)n2)CCCC1. The standard InChI is InChI=1S/C16H19N5O2/c17-16(7-1-2-8-16)14-19-13(23-20-14)11-3-5-12(6-4-11)21-10-9-18-15(21)22/h3-6H,1-2,7-10,17H2,(H,18,22). The smallest absolute Gasteiger partial charge is 0.321 e. The number of carbonyl (C=O) groups excluding carboxylic acids is 1. The summed E-state index contributed by atoms with van der Waals surface area (Å²) in [5.74, 6) is 1.06. The highest BCUT2D eigenvalue weighted by Crippen LogP contribution is 2.35. The molecule has 2 heterocycles. The van der Waals surface area contributed by atoms with Gasteiger partial charge in [0.2, 0.25) is 0 Å². The molecule has 0 spiro atoms. The van der Waals surface area contributed by atoms with Crippen molar-refractivity contribution in [1.29, 1.82) is 0 Å². The molecule has 1 aromatic heterocycles. The molecule has 1 aliphatic carbocycles. The summed E-state index contributed by atoms with van der Waals surface area (Å²) in [6.45, 7) is 1.35. The molecule has 1 saturated heterocycles. The molecule has 7 heteroatoms. The topological polar surface area (TPSA) is 97.3 Å². The van der Waals surface area contributed by atoms with E-state index in [0.717, 1.165) is 36.9 Å². The van der Waals surface area contributed by atoms with E-state index >= 15 is 0 Å². The second-order valence-electron chi connectivity index (χ2n) is 6.22. The van der Waals surface area contributed by atoms with Crippen LogP contribution in [0.2, 0.25) is 0 Å². The van der Waals surface area contributed by atoms with Crippen LogP contribution in [0.25, 0.3) is 11.5 Å². The van der Waals surface area contributed by atoms with Crippen LogP contribution in [-0.4, -0.2) is 29.3 Å². The molecule has 0 unspecified atom stereocenters. The molecule has 7 nitrogen and oxygen atoms in total. The Bertz CT molecular complexity index is 718. The van der Waals surface area contributed by atoms with Gasteiger partial charge in [-0.1, -0.05) is 18.0 Å². The van der Waals surface area contributed by atoms with Gasteiger partial charge in [-0.3, -0.25) is 4.90 Å². The lowest BCUT2D eigenvalue weighted by molar-refractivity contribution is 0.252. The van der Waals surface area contributed by atoms with Crippen molar-refractivity contribution in [2.75, 3.05) is 18.0 Å². The molecular formula is C16H19N5O2. The minimum Gasteiger partial charge on any atom is -0.336 e. The van der Waals surface area contributed by atoms with Crippen LogP contribution in [0, 0.1) is 0 Å². The summed E-state index contributed by atoms with van der Waals surface area (Å²) in [7, 11) is 0. The summed E-state index contributed by atoms with van der Waals surface area (Å²) >= 11 is 0. The zero-order valence-corrected chi connectivity index (χ0v) is 12.8. The van der Waals surface area contributed by atoms with E-state index in [9.17, 15) is 4.79 Å². The van der Waals surface area contributed by atoms with Gasteiger partial charge in [-0.15, -0.1) is 0 Å². The molecule has 120 valence electrons. The van der Waals surface area contributed by atoms with Crippen molar-refractivity contribution in [2.45, 2.75) is 31.2 Å². The summed E-state index contributed by atoms with van der Waals surface area (Å²) in [4.78, 5) is 17.9. The maximum atomic E-state index is 11.7. The van der Waals surface area contributed by atoms with E-state index in [1.165, 1.54) is 0 Å². The van der Waals surface area contributed by atoms with Crippen LogP contribution in [0.4, 0.5) is 10.5 Å². The maximum absolute atomic E-state index is 11.7. The van der Waals surface area contributed by atoms with Crippen molar-refractivity contribution < 1.29 is 9.32 Å². The first-order valence-corrected chi connectivity index (χ1v) is 7.95. The first kappa shape index (κ1) is 14.2. The molecule has 3 N–H and O–H groups in total. The van der Waals surface area contributed by atoms with E-state index in [0.29, 0.717) is 24.8 Å². The second kappa shape index (κ2) is 5.34. The summed E-state index contributed by atoms with van der Waals surface area (Å²) < 4.78 is 5.38. The quantitative estimate of drug-likeness (QED) is 0.903. The number of benzene rings is 1. The Balaban J connectivity index is 1.57. The predicted molar refractivity (Wildman–Crippen MR) is 84.8 cm³/mol. The number of nitrogens with zero attached hydrogens (tertiary/aromatic N) is 3. The maximum Gasteiger partial charge on any atom is 0.321 e. The third kappa shape index (κ3) is 2.46. The van der Waals surface area contributed by atoms with Crippen molar-refractivity contribution in [3.05, 3.63) is 30.1 Å². The Hall–Kier alpha value is -2.41. The number of aromatic nitrogens is 2. The van der Waals surface area contributed by atoms with Crippen LogP contribution in [-0.2, 0) is 5.54 Å². The van der Waals surface area contributed by atoms with Crippen LogP contribution in [0.1, 0.15) is 31.5 Å². The first-order valence-electron chi connectivity index (χ1n) is 7.95. The van der Waals surface area contributed by atoms with Gasteiger partial charge in [0.05, 0.1) is 5.54 Å². The zero-order valence-electron chi connectivity index (χ0n) is 12.8. The van der Waals surface area contributed by atoms with Gasteiger partial charge in [0.25, 0.3) is 5.89 Å². The van der Waals surface area contributed by atoms with E-state index in [2.05, 4.69) is 15.5 Å². The fourth-order valence-electron chi connectivity index (χ4n) is 3.27. The molecule has 4 rings (SSSR count). The Kier molecular flexibility index (Phi) is 3.30. The highest BCUT2D eigenvalue weighted by atomic mass is 16.5. The average molecular weight is 313 g/mol. The number of urea groups is 1. The van der Waals surface area contributed by atoms with Gasteiger partial charge >= 0.3 is 6.03 Å². The van der Waals surface area contributed by atoms with Crippen molar-refractivity contribution in [3.8, 4) is 11.5 Å². The number of nitrogens with one attached hydrogen (secondary N) is 1. The van der Waals surface area contributed by atoms with Gasteiger partial charge in [-0.05, 0) is 37.1 Å². The lowest BCUT2D eigenvalue weighted by atomic mass is 9.99. The van der Waals surface area contributed by atoms with Crippen molar-refractivity contribution >= 4 is 11.7 Å². The first-order chi connectivity index (χ1) is 11.2. The van der Waals surface area contributed by atoms with Gasteiger partial charge in [-0.25, -0.2) is 4.79 Å². The van der Waals surface area contributed by atoms with Crippen molar-refractivity contribution in [1.82, 2.24) is 15.5 Å². The highest BCUT2D eigenvalue weighted by Gasteiger charge is 2.36. The lowest BCUT2D eigenvalue weighted by Gasteiger charge is -2.17. The van der Waals surface area contributed by atoms with E-state index < -0.39 is 5.54 Å². The molecule has 0 radical (unpaired) electrons. The summed E-state index contributed by atoms with van der Waals surface area (Å²) in [6, 6.07) is 7.48.